The second kappa shape index (κ2) is 9.70. The highest BCUT2D eigenvalue weighted by molar-refractivity contribution is 6.03. The second-order valence-electron chi connectivity index (χ2n) is 10.0. The Morgan fingerprint density at radius 1 is 0.750 bits per heavy atom. The van der Waals surface area contributed by atoms with Gasteiger partial charge in [0.2, 0.25) is 13.6 Å². The van der Waals surface area contributed by atoms with E-state index in [0.29, 0.717) is 0 Å². The molecule has 7 rings (SSSR count). The summed E-state index contributed by atoms with van der Waals surface area (Å²) in [6, 6.07) is 31.3. The standard InChI is InChI=1S/C36H28O4/c1-3-27(25-13-9-6-10-14-25)35-28(17-15-24-11-7-5-8-12-24)29-20-33-34(40-23-39-33)21-30(29)36(35,4-2)26-16-18-31-32(19-26)38-22-37-31/h3,5-14,16,18-21H,4,22-23H2,1-2H3/b27-3+. The molecule has 3 aliphatic rings. The Morgan fingerprint density at radius 3 is 2.10 bits per heavy atom. The summed E-state index contributed by atoms with van der Waals surface area (Å²) in [5.41, 5.74) is 8.25. The predicted molar refractivity (Wildman–Crippen MR) is 157 cm³/mol. The van der Waals surface area contributed by atoms with E-state index >= 15 is 0 Å². The van der Waals surface area contributed by atoms with E-state index in [1.165, 1.54) is 5.57 Å². The van der Waals surface area contributed by atoms with Crippen molar-refractivity contribution in [3.05, 3.63) is 130 Å². The minimum atomic E-state index is -0.518. The lowest BCUT2D eigenvalue weighted by molar-refractivity contribution is 0.173. The fourth-order valence-corrected chi connectivity index (χ4v) is 6.24. The molecule has 40 heavy (non-hydrogen) atoms. The maximum atomic E-state index is 5.91. The molecule has 1 aliphatic carbocycles. The molecule has 4 heteroatoms. The molecule has 2 aliphatic heterocycles. The molecule has 0 amide bonds. The molecule has 4 nitrogen and oxygen atoms in total. The first kappa shape index (κ1) is 24.2. The van der Waals surface area contributed by atoms with Crippen LogP contribution >= 0.6 is 0 Å². The van der Waals surface area contributed by atoms with Crippen molar-refractivity contribution in [2.75, 3.05) is 13.6 Å². The minimum Gasteiger partial charge on any atom is -0.454 e. The van der Waals surface area contributed by atoms with Gasteiger partial charge in [0.1, 0.15) is 0 Å². The number of hydrogen-bond donors (Lipinski definition) is 0. The molecule has 1 unspecified atom stereocenters. The molecule has 196 valence electrons. The highest BCUT2D eigenvalue weighted by atomic mass is 16.7. The summed E-state index contributed by atoms with van der Waals surface area (Å²) in [7, 11) is 0. The Kier molecular flexibility index (Phi) is 5.86. The van der Waals surface area contributed by atoms with Gasteiger partial charge in [-0.25, -0.2) is 0 Å². The Morgan fingerprint density at radius 2 is 1.40 bits per heavy atom. The van der Waals surface area contributed by atoms with Crippen molar-refractivity contribution in [3.63, 3.8) is 0 Å². The Hall–Kier alpha value is -4.88. The molecule has 0 N–H and O–H groups in total. The van der Waals surface area contributed by atoms with Gasteiger partial charge < -0.3 is 18.9 Å². The van der Waals surface area contributed by atoms with Crippen molar-refractivity contribution in [2.45, 2.75) is 25.7 Å². The number of fused-ring (bicyclic) bond motifs is 3. The van der Waals surface area contributed by atoms with Crippen molar-refractivity contribution in [1.29, 1.82) is 0 Å². The van der Waals surface area contributed by atoms with Crippen LogP contribution in [0.4, 0.5) is 0 Å². The van der Waals surface area contributed by atoms with Crippen LogP contribution in [-0.2, 0) is 5.41 Å². The Labute approximate surface area is 234 Å². The fraction of sp³-hybridized carbons (Fsp3) is 0.167. The lowest BCUT2D eigenvalue weighted by Crippen LogP contribution is -2.28. The van der Waals surface area contributed by atoms with E-state index in [1.807, 2.05) is 36.4 Å². The zero-order valence-corrected chi connectivity index (χ0v) is 22.5. The molecule has 4 aromatic rings. The van der Waals surface area contributed by atoms with Gasteiger partial charge in [0.25, 0.3) is 0 Å². The average Bonchev–Trinajstić information content (AvgIpc) is 3.73. The van der Waals surface area contributed by atoms with Crippen LogP contribution in [-0.4, -0.2) is 13.6 Å². The first-order chi connectivity index (χ1) is 19.7. The summed E-state index contributed by atoms with van der Waals surface area (Å²) in [5.74, 6) is 10.1. The molecule has 0 saturated carbocycles. The summed E-state index contributed by atoms with van der Waals surface area (Å²) in [5, 5.41) is 0. The molecule has 0 aromatic heterocycles. The number of benzene rings is 4. The van der Waals surface area contributed by atoms with Gasteiger partial charge in [-0.2, -0.15) is 0 Å². The van der Waals surface area contributed by atoms with E-state index < -0.39 is 5.41 Å². The zero-order valence-electron chi connectivity index (χ0n) is 22.5. The molecular formula is C36H28O4. The monoisotopic (exact) mass is 524 g/mol. The smallest absolute Gasteiger partial charge is 0.231 e. The van der Waals surface area contributed by atoms with Crippen LogP contribution in [0.25, 0.3) is 11.1 Å². The predicted octanol–water partition coefficient (Wildman–Crippen LogP) is 7.76. The van der Waals surface area contributed by atoms with E-state index in [-0.39, 0.29) is 13.6 Å². The SMILES string of the molecule is C/C=C(/C1=C(C#Cc2ccccc2)c2cc3c(cc2C1(CC)c1ccc2c(c1)OCO2)OCO3)c1ccccc1. The largest absolute Gasteiger partial charge is 0.454 e. The molecular weight excluding hydrogens is 496 g/mol. The summed E-state index contributed by atoms with van der Waals surface area (Å²) in [6.07, 6.45) is 3.01. The van der Waals surface area contributed by atoms with Gasteiger partial charge in [-0.05, 0) is 83.1 Å². The fourth-order valence-electron chi connectivity index (χ4n) is 6.24. The van der Waals surface area contributed by atoms with E-state index in [2.05, 4.69) is 86.4 Å². The van der Waals surface area contributed by atoms with Crippen LogP contribution in [0, 0.1) is 11.8 Å². The lowest BCUT2D eigenvalue weighted by atomic mass is 9.66. The third kappa shape index (κ3) is 3.70. The van der Waals surface area contributed by atoms with Gasteiger partial charge in [-0.15, -0.1) is 0 Å². The van der Waals surface area contributed by atoms with Gasteiger partial charge in [0.05, 0.1) is 0 Å². The Bertz CT molecular complexity index is 1740. The molecule has 0 bridgehead atoms. The quantitative estimate of drug-likeness (QED) is 0.256. The van der Waals surface area contributed by atoms with Crippen LogP contribution in [0.15, 0.2) is 103 Å². The molecule has 0 fully saturated rings. The van der Waals surface area contributed by atoms with E-state index in [4.69, 9.17) is 18.9 Å². The number of allylic oxidation sites excluding steroid dienone is 4. The van der Waals surface area contributed by atoms with Crippen LogP contribution in [0.1, 0.15) is 48.1 Å². The van der Waals surface area contributed by atoms with Crippen molar-refractivity contribution in [2.24, 2.45) is 0 Å². The van der Waals surface area contributed by atoms with E-state index in [0.717, 1.165) is 68.4 Å². The summed E-state index contributed by atoms with van der Waals surface area (Å²) >= 11 is 0. The molecule has 4 aromatic carbocycles. The van der Waals surface area contributed by atoms with Crippen LogP contribution in [0.2, 0.25) is 0 Å². The first-order valence-corrected chi connectivity index (χ1v) is 13.6. The maximum Gasteiger partial charge on any atom is 0.231 e. The van der Waals surface area contributed by atoms with Gasteiger partial charge in [0.15, 0.2) is 23.0 Å². The first-order valence-electron chi connectivity index (χ1n) is 13.6. The molecule has 1 atom stereocenters. The lowest BCUT2D eigenvalue weighted by Gasteiger charge is -2.35. The van der Waals surface area contributed by atoms with Crippen molar-refractivity contribution in [3.8, 4) is 34.8 Å². The maximum absolute atomic E-state index is 5.91. The minimum absolute atomic E-state index is 0.215. The second-order valence-corrected chi connectivity index (χ2v) is 10.0. The molecule has 0 spiro atoms. The van der Waals surface area contributed by atoms with Crippen LogP contribution in [0.3, 0.4) is 0 Å². The molecule has 2 heterocycles. The Balaban J connectivity index is 1.58. The third-order valence-corrected chi connectivity index (χ3v) is 8.06. The number of ether oxygens (including phenoxy) is 4. The zero-order chi connectivity index (χ0) is 27.1. The number of hydrogen-bond acceptors (Lipinski definition) is 4. The topological polar surface area (TPSA) is 36.9 Å². The van der Waals surface area contributed by atoms with Crippen molar-refractivity contribution < 1.29 is 18.9 Å². The molecule has 0 radical (unpaired) electrons. The van der Waals surface area contributed by atoms with Gasteiger partial charge in [0, 0.05) is 16.6 Å². The summed E-state index contributed by atoms with van der Waals surface area (Å²) in [4.78, 5) is 0. The highest BCUT2D eigenvalue weighted by Crippen LogP contribution is 2.59. The normalized spacial score (nSPS) is 18.4. The highest BCUT2D eigenvalue weighted by Gasteiger charge is 2.48. The van der Waals surface area contributed by atoms with Crippen LogP contribution < -0.4 is 18.9 Å². The van der Waals surface area contributed by atoms with Gasteiger partial charge in [-0.3, -0.25) is 0 Å². The summed E-state index contributed by atoms with van der Waals surface area (Å²) < 4.78 is 23.3. The van der Waals surface area contributed by atoms with Gasteiger partial charge >= 0.3 is 0 Å². The van der Waals surface area contributed by atoms with Crippen molar-refractivity contribution >= 4 is 11.1 Å². The van der Waals surface area contributed by atoms with Crippen LogP contribution in [0.5, 0.6) is 23.0 Å². The van der Waals surface area contributed by atoms with Gasteiger partial charge in [-0.1, -0.05) is 79.4 Å². The third-order valence-electron chi connectivity index (χ3n) is 8.06. The van der Waals surface area contributed by atoms with E-state index in [9.17, 15) is 0 Å². The van der Waals surface area contributed by atoms with E-state index in [1.54, 1.807) is 0 Å². The average molecular weight is 525 g/mol. The molecule has 0 saturated heterocycles. The van der Waals surface area contributed by atoms with Crippen molar-refractivity contribution in [1.82, 2.24) is 0 Å². The number of rotatable bonds is 4. The summed E-state index contributed by atoms with van der Waals surface area (Å²) in [6.45, 7) is 4.79.